The van der Waals surface area contributed by atoms with E-state index in [0.717, 1.165) is 11.1 Å². The van der Waals surface area contributed by atoms with Crippen LogP contribution in [0.25, 0.3) is 0 Å². The standard InChI is InChI=1S/C14H18N2O2S2/c1-10-3-5-12(6-4-10)11(2)16-20(17,18)14-7-8-19-13(14)9-15/h3-8,11,16H,9,15H2,1-2H3. The third-order valence-electron chi connectivity index (χ3n) is 3.09. The first-order chi connectivity index (χ1) is 9.44. The van der Waals surface area contributed by atoms with Gasteiger partial charge in [0.25, 0.3) is 0 Å². The molecule has 0 amide bonds. The summed E-state index contributed by atoms with van der Waals surface area (Å²) in [5.74, 6) is 0. The fourth-order valence-corrected chi connectivity index (χ4v) is 4.50. The van der Waals surface area contributed by atoms with E-state index in [0.29, 0.717) is 4.88 Å². The maximum atomic E-state index is 12.4. The predicted molar refractivity (Wildman–Crippen MR) is 82.1 cm³/mol. The van der Waals surface area contributed by atoms with Crippen molar-refractivity contribution >= 4 is 21.4 Å². The van der Waals surface area contributed by atoms with E-state index in [-0.39, 0.29) is 17.5 Å². The molecule has 20 heavy (non-hydrogen) atoms. The molecule has 0 saturated heterocycles. The zero-order valence-corrected chi connectivity index (χ0v) is 13.1. The van der Waals surface area contributed by atoms with Gasteiger partial charge in [0.1, 0.15) is 0 Å². The minimum atomic E-state index is -3.54. The highest BCUT2D eigenvalue weighted by Crippen LogP contribution is 2.23. The van der Waals surface area contributed by atoms with Gasteiger partial charge in [-0.25, -0.2) is 13.1 Å². The quantitative estimate of drug-likeness (QED) is 0.891. The molecular formula is C14H18N2O2S2. The first kappa shape index (κ1) is 15.2. The first-order valence-electron chi connectivity index (χ1n) is 6.29. The average Bonchev–Trinajstić information content (AvgIpc) is 2.88. The SMILES string of the molecule is Cc1ccc(C(C)NS(=O)(=O)c2ccsc2CN)cc1. The highest BCUT2D eigenvalue weighted by atomic mass is 32.2. The molecule has 1 unspecified atom stereocenters. The van der Waals surface area contributed by atoms with Crippen molar-refractivity contribution < 1.29 is 8.42 Å². The number of thiophene rings is 1. The smallest absolute Gasteiger partial charge is 0.242 e. The molecule has 3 N–H and O–H groups in total. The Kier molecular flexibility index (Phi) is 4.59. The second kappa shape index (κ2) is 6.05. The van der Waals surface area contributed by atoms with Gasteiger partial charge in [0, 0.05) is 17.5 Å². The summed E-state index contributed by atoms with van der Waals surface area (Å²) in [5, 5.41) is 1.74. The summed E-state index contributed by atoms with van der Waals surface area (Å²) in [6.45, 7) is 4.06. The van der Waals surface area contributed by atoms with Gasteiger partial charge in [-0.2, -0.15) is 0 Å². The Morgan fingerprint density at radius 3 is 2.50 bits per heavy atom. The Labute approximate surface area is 123 Å². The number of sulfonamides is 1. The monoisotopic (exact) mass is 310 g/mol. The van der Waals surface area contributed by atoms with E-state index in [2.05, 4.69) is 4.72 Å². The highest BCUT2D eigenvalue weighted by Gasteiger charge is 2.21. The van der Waals surface area contributed by atoms with Crippen LogP contribution in [0.3, 0.4) is 0 Å². The second-order valence-corrected chi connectivity index (χ2v) is 7.35. The van der Waals surface area contributed by atoms with Crippen LogP contribution < -0.4 is 10.5 Å². The fraction of sp³-hybridized carbons (Fsp3) is 0.286. The van der Waals surface area contributed by atoms with Crippen LogP contribution in [-0.2, 0) is 16.6 Å². The lowest BCUT2D eigenvalue weighted by molar-refractivity contribution is 0.566. The molecule has 1 aromatic heterocycles. The van der Waals surface area contributed by atoms with Crippen LogP contribution in [0.15, 0.2) is 40.6 Å². The van der Waals surface area contributed by atoms with E-state index in [1.165, 1.54) is 11.3 Å². The number of hydrogen-bond donors (Lipinski definition) is 2. The number of benzene rings is 1. The van der Waals surface area contributed by atoms with Gasteiger partial charge >= 0.3 is 0 Å². The summed E-state index contributed by atoms with van der Waals surface area (Å²) in [7, 11) is -3.54. The lowest BCUT2D eigenvalue weighted by Crippen LogP contribution is -2.27. The molecule has 0 bridgehead atoms. The van der Waals surface area contributed by atoms with Crippen LogP contribution in [0.5, 0.6) is 0 Å². The molecule has 2 rings (SSSR count). The molecule has 108 valence electrons. The molecule has 0 aliphatic rings. The maximum absolute atomic E-state index is 12.4. The zero-order chi connectivity index (χ0) is 14.8. The van der Waals surface area contributed by atoms with Crippen molar-refractivity contribution in [2.24, 2.45) is 5.73 Å². The van der Waals surface area contributed by atoms with E-state index < -0.39 is 10.0 Å². The summed E-state index contributed by atoms with van der Waals surface area (Å²) in [6, 6.07) is 9.11. The van der Waals surface area contributed by atoms with Crippen LogP contribution in [0.1, 0.15) is 29.0 Å². The van der Waals surface area contributed by atoms with Crippen molar-refractivity contribution in [3.63, 3.8) is 0 Å². The van der Waals surface area contributed by atoms with E-state index in [1.54, 1.807) is 11.4 Å². The Morgan fingerprint density at radius 2 is 1.90 bits per heavy atom. The van der Waals surface area contributed by atoms with Crippen molar-refractivity contribution in [2.75, 3.05) is 0 Å². The van der Waals surface area contributed by atoms with Crippen LogP contribution in [0, 0.1) is 6.92 Å². The Bertz CT molecular complexity index is 675. The van der Waals surface area contributed by atoms with Crippen molar-refractivity contribution in [1.82, 2.24) is 4.72 Å². The Balaban J connectivity index is 2.22. The van der Waals surface area contributed by atoms with Crippen molar-refractivity contribution in [3.8, 4) is 0 Å². The van der Waals surface area contributed by atoms with Gasteiger partial charge in [0.15, 0.2) is 0 Å². The molecule has 4 nitrogen and oxygen atoms in total. The molecule has 0 aliphatic carbocycles. The summed E-state index contributed by atoms with van der Waals surface area (Å²) < 4.78 is 27.4. The summed E-state index contributed by atoms with van der Waals surface area (Å²) in [4.78, 5) is 0.956. The lowest BCUT2D eigenvalue weighted by Gasteiger charge is -2.15. The molecule has 1 heterocycles. The predicted octanol–water partition coefficient (Wildman–Crippen LogP) is 2.55. The summed E-state index contributed by atoms with van der Waals surface area (Å²) >= 11 is 1.36. The van der Waals surface area contributed by atoms with Gasteiger partial charge in [-0.3, -0.25) is 0 Å². The minimum absolute atomic E-state index is 0.229. The topological polar surface area (TPSA) is 72.2 Å². The minimum Gasteiger partial charge on any atom is -0.326 e. The molecule has 0 spiro atoms. The number of nitrogens with one attached hydrogen (secondary N) is 1. The highest BCUT2D eigenvalue weighted by molar-refractivity contribution is 7.89. The van der Waals surface area contributed by atoms with E-state index in [1.807, 2.05) is 38.1 Å². The van der Waals surface area contributed by atoms with E-state index in [9.17, 15) is 8.42 Å². The van der Waals surface area contributed by atoms with Crippen LogP contribution in [0.4, 0.5) is 0 Å². The van der Waals surface area contributed by atoms with Gasteiger partial charge in [-0.15, -0.1) is 11.3 Å². The van der Waals surface area contributed by atoms with Gasteiger partial charge in [0.05, 0.1) is 4.90 Å². The zero-order valence-electron chi connectivity index (χ0n) is 11.5. The Hall–Kier alpha value is -1.21. The van der Waals surface area contributed by atoms with Gasteiger partial charge in [-0.1, -0.05) is 29.8 Å². The number of aryl methyl sites for hydroxylation is 1. The van der Waals surface area contributed by atoms with Crippen LogP contribution >= 0.6 is 11.3 Å². The van der Waals surface area contributed by atoms with Crippen molar-refractivity contribution in [1.29, 1.82) is 0 Å². The second-order valence-electron chi connectivity index (χ2n) is 4.67. The molecule has 1 atom stereocenters. The van der Waals surface area contributed by atoms with E-state index >= 15 is 0 Å². The van der Waals surface area contributed by atoms with Gasteiger partial charge in [-0.05, 0) is 30.9 Å². The third kappa shape index (κ3) is 3.27. The summed E-state index contributed by atoms with van der Waals surface area (Å²) in [5.41, 5.74) is 7.65. The largest absolute Gasteiger partial charge is 0.326 e. The van der Waals surface area contributed by atoms with Crippen LogP contribution in [-0.4, -0.2) is 8.42 Å². The molecule has 0 aliphatic heterocycles. The fourth-order valence-electron chi connectivity index (χ4n) is 1.94. The van der Waals surface area contributed by atoms with Crippen molar-refractivity contribution in [3.05, 3.63) is 51.7 Å². The van der Waals surface area contributed by atoms with Gasteiger partial charge < -0.3 is 5.73 Å². The number of hydrogen-bond acceptors (Lipinski definition) is 4. The molecule has 6 heteroatoms. The average molecular weight is 310 g/mol. The maximum Gasteiger partial charge on any atom is 0.242 e. The molecular weight excluding hydrogens is 292 g/mol. The third-order valence-corrected chi connectivity index (χ3v) is 5.79. The molecule has 2 aromatic rings. The van der Waals surface area contributed by atoms with Crippen molar-refractivity contribution in [2.45, 2.75) is 31.3 Å². The molecule has 0 radical (unpaired) electrons. The molecule has 0 saturated carbocycles. The normalized spacial score (nSPS) is 13.3. The molecule has 1 aromatic carbocycles. The van der Waals surface area contributed by atoms with Crippen LogP contribution in [0.2, 0.25) is 0 Å². The summed E-state index contributed by atoms with van der Waals surface area (Å²) in [6.07, 6.45) is 0. The van der Waals surface area contributed by atoms with E-state index in [4.69, 9.17) is 5.73 Å². The Morgan fingerprint density at radius 1 is 1.25 bits per heavy atom. The molecule has 0 fully saturated rings. The lowest BCUT2D eigenvalue weighted by atomic mass is 10.1. The first-order valence-corrected chi connectivity index (χ1v) is 8.65. The van der Waals surface area contributed by atoms with Gasteiger partial charge in [0.2, 0.25) is 10.0 Å². The number of rotatable bonds is 5. The number of nitrogens with two attached hydrogens (primary N) is 1.